The molecule has 2 heterocycles. The molecule has 2 aromatic carbocycles. The topological polar surface area (TPSA) is 45.2 Å². The van der Waals surface area contributed by atoms with E-state index < -0.39 is 0 Å². The molecule has 2 aliphatic heterocycles. The second-order valence-electron chi connectivity index (χ2n) is 10.0. The summed E-state index contributed by atoms with van der Waals surface area (Å²) in [6.45, 7) is 6.06. The van der Waals surface area contributed by atoms with Gasteiger partial charge in [0.2, 0.25) is 5.91 Å². The number of carbonyl (C=O) groups is 1. The molecule has 35 heavy (non-hydrogen) atoms. The van der Waals surface area contributed by atoms with Crippen LogP contribution in [0.2, 0.25) is 0 Å². The predicted molar refractivity (Wildman–Crippen MR) is 140 cm³/mol. The molecule has 2 aliphatic rings. The Kier molecular flexibility index (Phi) is 9.05. The highest BCUT2D eigenvalue weighted by molar-refractivity contribution is 5.79. The minimum atomic E-state index is 0.113. The molecule has 0 spiro atoms. The third-order valence-electron chi connectivity index (χ3n) is 7.68. The molecule has 6 heteroatoms. The number of amides is 1. The van der Waals surface area contributed by atoms with Gasteiger partial charge in [-0.25, -0.2) is 0 Å². The van der Waals surface area contributed by atoms with Crippen LogP contribution in [0.25, 0.3) is 0 Å². The quantitative estimate of drug-likeness (QED) is 0.542. The molecule has 1 atom stereocenters. The Morgan fingerprint density at radius 3 is 2.40 bits per heavy atom. The van der Waals surface area contributed by atoms with Crippen LogP contribution in [0, 0.1) is 5.92 Å². The minimum absolute atomic E-state index is 0.113. The molecule has 190 valence electrons. The lowest BCUT2D eigenvalue weighted by molar-refractivity contribution is -0.136. The van der Waals surface area contributed by atoms with Crippen LogP contribution in [0.15, 0.2) is 48.5 Å². The molecule has 0 aliphatic carbocycles. The monoisotopic (exact) mass is 479 g/mol. The van der Waals surface area contributed by atoms with Gasteiger partial charge in [0.25, 0.3) is 0 Å². The van der Waals surface area contributed by atoms with Crippen LogP contribution >= 0.6 is 0 Å². The normalized spacial score (nSPS) is 19.9. The van der Waals surface area contributed by atoms with E-state index >= 15 is 0 Å². The highest BCUT2D eigenvalue weighted by Crippen LogP contribution is 2.28. The lowest BCUT2D eigenvalue weighted by Gasteiger charge is -2.42. The molecule has 0 N–H and O–H groups in total. The van der Waals surface area contributed by atoms with Crippen LogP contribution in [0.3, 0.4) is 0 Å². The number of nitrogens with zero attached hydrogens (tertiary/aromatic N) is 3. The molecule has 0 aromatic heterocycles. The molecule has 0 bridgehead atoms. The first-order valence-corrected chi connectivity index (χ1v) is 13.0. The van der Waals surface area contributed by atoms with Gasteiger partial charge in [-0.15, -0.1) is 0 Å². The van der Waals surface area contributed by atoms with Gasteiger partial charge in [0.1, 0.15) is 0 Å². The first-order chi connectivity index (χ1) is 17.1. The van der Waals surface area contributed by atoms with Gasteiger partial charge in [-0.05, 0) is 75.0 Å². The summed E-state index contributed by atoms with van der Waals surface area (Å²) in [5.41, 5.74) is 2.54. The first kappa shape index (κ1) is 25.5. The fourth-order valence-electron chi connectivity index (χ4n) is 5.58. The molecule has 0 unspecified atom stereocenters. The van der Waals surface area contributed by atoms with E-state index in [1.165, 1.54) is 18.4 Å². The zero-order valence-electron chi connectivity index (χ0n) is 21.6. The van der Waals surface area contributed by atoms with E-state index in [2.05, 4.69) is 40.1 Å². The Morgan fingerprint density at radius 2 is 1.69 bits per heavy atom. The average molecular weight is 480 g/mol. The van der Waals surface area contributed by atoms with Crippen molar-refractivity contribution in [2.24, 2.45) is 5.92 Å². The number of hydrogen-bond donors (Lipinski definition) is 0. The summed E-state index contributed by atoms with van der Waals surface area (Å²) in [7, 11) is 5.24. The zero-order valence-corrected chi connectivity index (χ0v) is 21.6. The van der Waals surface area contributed by atoms with E-state index in [4.69, 9.17) is 9.47 Å². The van der Waals surface area contributed by atoms with E-state index in [0.29, 0.717) is 12.6 Å². The second-order valence-corrected chi connectivity index (χ2v) is 10.0. The maximum Gasteiger partial charge on any atom is 0.226 e. The summed E-state index contributed by atoms with van der Waals surface area (Å²) in [6, 6.07) is 17.3. The second kappa shape index (κ2) is 12.4. The van der Waals surface area contributed by atoms with Gasteiger partial charge in [-0.1, -0.05) is 36.4 Å². The number of benzene rings is 2. The van der Waals surface area contributed by atoms with Crippen molar-refractivity contribution in [3.05, 3.63) is 59.7 Å². The third kappa shape index (κ3) is 6.77. The lowest BCUT2D eigenvalue weighted by Crippen LogP contribution is -2.51. The Hall–Kier alpha value is -2.57. The molecular weight excluding hydrogens is 438 g/mol. The number of likely N-dealkylation sites (tertiary alicyclic amines) is 2. The van der Waals surface area contributed by atoms with Crippen LogP contribution in [0.5, 0.6) is 11.5 Å². The van der Waals surface area contributed by atoms with Crippen molar-refractivity contribution in [3.8, 4) is 11.5 Å². The standard InChI is InChI=1S/C29H41N3O3/c1-30(17-13-23-11-12-27(34-2)28(20-23)35-3)29(33)25-10-7-16-32(22-25)26-14-18-31(19-15-26)21-24-8-5-4-6-9-24/h4-6,8-9,11-12,20,25-26H,7,10,13-19,21-22H2,1-3H3/t25-/m1/s1. The van der Waals surface area contributed by atoms with Crippen molar-refractivity contribution in [2.45, 2.75) is 44.7 Å². The summed E-state index contributed by atoms with van der Waals surface area (Å²) in [5.74, 6) is 1.86. The van der Waals surface area contributed by atoms with Crippen LogP contribution in [0.4, 0.5) is 0 Å². The summed E-state index contributed by atoms with van der Waals surface area (Å²) in [6.07, 6.45) is 5.32. The SMILES string of the molecule is COc1ccc(CCN(C)C(=O)[C@@H]2CCCN(C3CCN(Cc4ccccc4)CC3)C2)cc1OC. The number of rotatable bonds is 9. The number of hydrogen-bond acceptors (Lipinski definition) is 5. The summed E-state index contributed by atoms with van der Waals surface area (Å²) in [5, 5.41) is 0. The van der Waals surface area contributed by atoms with Crippen molar-refractivity contribution in [1.29, 1.82) is 0 Å². The Balaban J connectivity index is 1.24. The van der Waals surface area contributed by atoms with Crippen LogP contribution in [-0.2, 0) is 17.8 Å². The molecule has 6 nitrogen and oxygen atoms in total. The number of likely N-dealkylation sites (N-methyl/N-ethyl adjacent to an activating group) is 1. The van der Waals surface area contributed by atoms with E-state index in [0.717, 1.165) is 69.0 Å². The van der Waals surface area contributed by atoms with Gasteiger partial charge in [0.15, 0.2) is 11.5 Å². The summed E-state index contributed by atoms with van der Waals surface area (Å²) in [4.78, 5) is 20.4. The molecule has 1 amide bonds. The fraction of sp³-hybridized carbons (Fsp3) is 0.552. The minimum Gasteiger partial charge on any atom is -0.493 e. The van der Waals surface area contributed by atoms with Crippen LogP contribution in [0.1, 0.15) is 36.8 Å². The van der Waals surface area contributed by atoms with E-state index in [-0.39, 0.29) is 11.8 Å². The fourth-order valence-corrected chi connectivity index (χ4v) is 5.58. The van der Waals surface area contributed by atoms with Gasteiger partial charge in [-0.3, -0.25) is 14.6 Å². The number of carbonyl (C=O) groups excluding carboxylic acids is 1. The van der Waals surface area contributed by atoms with Gasteiger partial charge in [0.05, 0.1) is 20.1 Å². The molecule has 4 rings (SSSR count). The number of ether oxygens (including phenoxy) is 2. The van der Waals surface area contributed by atoms with E-state index in [9.17, 15) is 4.79 Å². The first-order valence-electron chi connectivity index (χ1n) is 13.0. The van der Waals surface area contributed by atoms with Gasteiger partial charge in [0, 0.05) is 32.7 Å². The lowest BCUT2D eigenvalue weighted by atomic mass is 9.92. The summed E-state index contributed by atoms with van der Waals surface area (Å²) >= 11 is 0. The third-order valence-corrected chi connectivity index (χ3v) is 7.68. The van der Waals surface area contributed by atoms with Crippen LogP contribution in [-0.4, -0.2) is 80.6 Å². The van der Waals surface area contributed by atoms with Crippen molar-refractivity contribution in [2.75, 3.05) is 54.0 Å². The molecule has 0 radical (unpaired) electrons. The Labute approximate surface area is 210 Å². The molecule has 2 saturated heterocycles. The van der Waals surface area contributed by atoms with Gasteiger partial charge >= 0.3 is 0 Å². The predicted octanol–water partition coefficient (Wildman–Crippen LogP) is 4.08. The maximum absolute atomic E-state index is 13.3. The maximum atomic E-state index is 13.3. The highest BCUT2D eigenvalue weighted by Gasteiger charge is 2.32. The molecule has 2 aromatic rings. The Morgan fingerprint density at radius 1 is 0.943 bits per heavy atom. The number of methoxy groups -OCH3 is 2. The van der Waals surface area contributed by atoms with E-state index in [1.807, 2.05) is 30.1 Å². The average Bonchev–Trinajstić information content (AvgIpc) is 2.92. The zero-order chi connectivity index (χ0) is 24.6. The number of piperidine rings is 2. The molecule has 0 saturated carbocycles. The van der Waals surface area contributed by atoms with E-state index in [1.54, 1.807) is 14.2 Å². The summed E-state index contributed by atoms with van der Waals surface area (Å²) < 4.78 is 10.7. The highest BCUT2D eigenvalue weighted by atomic mass is 16.5. The largest absolute Gasteiger partial charge is 0.493 e. The van der Waals surface area contributed by atoms with Crippen molar-refractivity contribution < 1.29 is 14.3 Å². The van der Waals surface area contributed by atoms with Crippen LogP contribution < -0.4 is 9.47 Å². The van der Waals surface area contributed by atoms with Crippen molar-refractivity contribution in [1.82, 2.24) is 14.7 Å². The molecule has 2 fully saturated rings. The van der Waals surface area contributed by atoms with Gasteiger partial charge in [-0.2, -0.15) is 0 Å². The smallest absolute Gasteiger partial charge is 0.226 e. The van der Waals surface area contributed by atoms with Crippen molar-refractivity contribution in [3.63, 3.8) is 0 Å². The molecular formula is C29H41N3O3. The Bertz CT molecular complexity index is 943. The van der Waals surface area contributed by atoms with Crippen molar-refractivity contribution >= 4 is 5.91 Å². The van der Waals surface area contributed by atoms with Gasteiger partial charge < -0.3 is 14.4 Å².